The molecule has 2 aromatic rings. The first-order valence-corrected chi connectivity index (χ1v) is 7.93. The second-order valence-electron chi connectivity index (χ2n) is 5.20. The summed E-state index contributed by atoms with van der Waals surface area (Å²) in [5, 5.41) is 17.4. The van der Waals surface area contributed by atoms with Crippen LogP contribution in [0.2, 0.25) is 5.02 Å². The number of nitrogens with zero attached hydrogens (tertiary/aromatic N) is 2. The summed E-state index contributed by atoms with van der Waals surface area (Å²) >= 11 is 5.82. The summed E-state index contributed by atoms with van der Waals surface area (Å²) in [5.74, 6) is -0.744. The molecule has 0 unspecified atom stereocenters. The molecule has 2 N–H and O–H groups in total. The van der Waals surface area contributed by atoms with E-state index in [4.69, 9.17) is 11.6 Å². The van der Waals surface area contributed by atoms with Gasteiger partial charge in [-0.1, -0.05) is 17.7 Å². The van der Waals surface area contributed by atoms with Gasteiger partial charge >= 0.3 is 0 Å². The van der Waals surface area contributed by atoms with Gasteiger partial charge in [-0.3, -0.25) is 19.7 Å². The topological polar surface area (TPSA) is 114 Å². The van der Waals surface area contributed by atoms with Gasteiger partial charge in [0.2, 0.25) is 11.8 Å². The predicted molar refractivity (Wildman–Crippen MR) is 98.1 cm³/mol. The fourth-order valence-electron chi connectivity index (χ4n) is 1.93. The van der Waals surface area contributed by atoms with Crippen molar-refractivity contribution in [2.45, 2.75) is 12.8 Å². The lowest BCUT2D eigenvalue weighted by Gasteiger charge is -2.05. The van der Waals surface area contributed by atoms with Crippen LogP contribution in [0.5, 0.6) is 0 Å². The van der Waals surface area contributed by atoms with Crippen LogP contribution in [0.25, 0.3) is 0 Å². The van der Waals surface area contributed by atoms with Crippen LogP contribution in [-0.2, 0) is 9.59 Å². The Bertz CT molecular complexity index is 837. The maximum Gasteiger partial charge on any atom is 0.269 e. The minimum Gasteiger partial charge on any atom is -0.326 e. The van der Waals surface area contributed by atoms with Crippen LogP contribution >= 0.6 is 11.6 Å². The molecule has 0 heterocycles. The van der Waals surface area contributed by atoms with E-state index < -0.39 is 10.8 Å². The van der Waals surface area contributed by atoms with Crippen molar-refractivity contribution in [2.24, 2.45) is 5.10 Å². The number of carbonyl (C=O) groups is 2. The summed E-state index contributed by atoms with van der Waals surface area (Å²) in [4.78, 5) is 33.5. The van der Waals surface area contributed by atoms with Crippen LogP contribution in [0.15, 0.2) is 53.6 Å². The van der Waals surface area contributed by atoms with Crippen molar-refractivity contribution < 1.29 is 14.5 Å². The van der Waals surface area contributed by atoms with Gasteiger partial charge in [0.15, 0.2) is 0 Å². The number of carbonyl (C=O) groups excluding carboxylic acids is 2. The van der Waals surface area contributed by atoms with Gasteiger partial charge in [0.25, 0.3) is 5.69 Å². The molecule has 2 aromatic carbocycles. The Balaban J connectivity index is 1.74. The molecule has 0 aliphatic heterocycles. The normalized spacial score (nSPS) is 10.5. The molecule has 2 rings (SSSR count). The highest BCUT2D eigenvalue weighted by molar-refractivity contribution is 6.30. The van der Waals surface area contributed by atoms with E-state index in [0.29, 0.717) is 16.3 Å². The van der Waals surface area contributed by atoms with Crippen molar-refractivity contribution in [3.05, 3.63) is 69.2 Å². The van der Waals surface area contributed by atoms with Crippen LogP contribution in [0.4, 0.5) is 11.4 Å². The second-order valence-corrected chi connectivity index (χ2v) is 5.64. The highest BCUT2D eigenvalue weighted by atomic mass is 35.5. The minimum atomic E-state index is -0.503. The summed E-state index contributed by atoms with van der Waals surface area (Å²) in [6.45, 7) is 0. The summed E-state index contributed by atoms with van der Waals surface area (Å²) in [6, 6.07) is 12.4. The number of non-ortho nitro benzene ring substituents is 1. The Morgan fingerprint density at radius 1 is 1.12 bits per heavy atom. The number of amides is 2. The Labute approximate surface area is 154 Å². The first kappa shape index (κ1) is 19.1. The highest BCUT2D eigenvalue weighted by Crippen LogP contribution is 2.15. The average molecular weight is 375 g/mol. The molecule has 0 bridgehead atoms. The largest absolute Gasteiger partial charge is 0.326 e. The van der Waals surface area contributed by atoms with Crippen LogP contribution in [0.3, 0.4) is 0 Å². The van der Waals surface area contributed by atoms with Gasteiger partial charge in [0.05, 0.1) is 11.1 Å². The van der Waals surface area contributed by atoms with Crippen molar-refractivity contribution >= 4 is 41.0 Å². The number of hydrogen-bond donors (Lipinski definition) is 2. The van der Waals surface area contributed by atoms with Gasteiger partial charge < -0.3 is 5.32 Å². The van der Waals surface area contributed by atoms with Crippen LogP contribution in [-0.4, -0.2) is 23.0 Å². The Hall–Kier alpha value is -3.26. The highest BCUT2D eigenvalue weighted by Gasteiger charge is 2.07. The number of rotatable bonds is 7. The summed E-state index contributed by atoms with van der Waals surface area (Å²) < 4.78 is 0. The van der Waals surface area contributed by atoms with Crippen molar-refractivity contribution in [1.29, 1.82) is 0 Å². The third-order valence-electron chi connectivity index (χ3n) is 3.19. The molecule has 0 fully saturated rings. The molecule has 0 atom stereocenters. The lowest BCUT2D eigenvalue weighted by Crippen LogP contribution is -2.20. The molecule has 0 aliphatic carbocycles. The number of nitro benzene ring substituents is 1. The monoisotopic (exact) mass is 374 g/mol. The van der Waals surface area contributed by atoms with E-state index in [1.807, 2.05) is 0 Å². The zero-order chi connectivity index (χ0) is 18.9. The van der Waals surface area contributed by atoms with Crippen LogP contribution < -0.4 is 10.7 Å². The molecule has 134 valence electrons. The molecule has 0 spiro atoms. The standard InChI is InChI=1S/C17H15ClN4O4/c18-13-2-1-3-14(10-13)20-16(23)8-9-17(24)21-19-11-12-4-6-15(7-5-12)22(25)26/h1-7,10-11H,8-9H2,(H,20,23)(H,21,24). The molecule has 26 heavy (non-hydrogen) atoms. The maximum absolute atomic E-state index is 11.8. The Kier molecular flexibility index (Phi) is 6.81. The van der Waals surface area contributed by atoms with E-state index in [9.17, 15) is 19.7 Å². The molecule has 0 aromatic heterocycles. The quantitative estimate of drug-likeness (QED) is 0.440. The number of halogens is 1. The van der Waals surface area contributed by atoms with Gasteiger partial charge in [0, 0.05) is 35.7 Å². The summed E-state index contributed by atoms with van der Waals surface area (Å²) in [7, 11) is 0. The fraction of sp³-hybridized carbons (Fsp3) is 0.118. The van der Waals surface area contributed by atoms with Crippen molar-refractivity contribution in [1.82, 2.24) is 5.43 Å². The van der Waals surface area contributed by atoms with E-state index in [1.54, 1.807) is 24.3 Å². The smallest absolute Gasteiger partial charge is 0.269 e. The van der Waals surface area contributed by atoms with Gasteiger partial charge in [-0.25, -0.2) is 5.43 Å². The molecule has 9 heteroatoms. The number of hydrogen-bond acceptors (Lipinski definition) is 5. The van der Waals surface area contributed by atoms with Crippen molar-refractivity contribution in [3.8, 4) is 0 Å². The molecular weight excluding hydrogens is 360 g/mol. The molecule has 0 radical (unpaired) electrons. The molecule has 0 aliphatic rings. The first-order chi connectivity index (χ1) is 12.4. The van der Waals surface area contributed by atoms with Gasteiger partial charge in [-0.2, -0.15) is 5.10 Å². The van der Waals surface area contributed by atoms with Crippen molar-refractivity contribution in [2.75, 3.05) is 5.32 Å². The lowest BCUT2D eigenvalue weighted by atomic mass is 10.2. The predicted octanol–water partition coefficient (Wildman–Crippen LogP) is 3.12. The lowest BCUT2D eigenvalue weighted by molar-refractivity contribution is -0.384. The zero-order valence-electron chi connectivity index (χ0n) is 13.5. The van der Waals surface area contributed by atoms with E-state index in [0.717, 1.165) is 0 Å². The van der Waals surface area contributed by atoms with E-state index in [-0.39, 0.29) is 24.4 Å². The summed E-state index contributed by atoms with van der Waals surface area (Å²) in [6.07, 6.45) is 1.31. The number of hydrazone groups is 1. The Morgan fingerprint density at radius 2 is 1.81 bits per heavy atom. The number of nitro groups is 1. The Morgan fingerprint density at radius 3 is 2.46 bits per heavy atom. The molecule has 0 saturated heterocycles. The maximum atomic E-state index is 11.8. The minimum absolute atomic E-state index is 0.00853. The van der Waals surface area contributed by atoms with E-state index >= 15 is 0 Å². The number of nitrogens with one attached hydrogen (secondary N) is 2. The molecular formula is C17H15ClN4O4. The third-order valence-corrected chi connectivity index (χ3v) is 3.43. The van der Waals surface area contributed by atoms with Crippen LogP contribution in [0.1, 0.15) is 18.4 Å². The average Bonchev–Trinajstić information content (AvgIpc) is 2.60. The third kappa shape index (κ3) is 6.33. The van der Waals surface area contributed by atoms with Gasteiger partial charge in [-0.15, -0.1) is 0 Å². The molecule has 8 nitrogen and oxygen atoms in total. The number of anilines is 1. The van der Waals surface area contributed by atoms with Crippen LogP contribution in [0, 0.1) is 10.1 Å². The SMILES string of the molecule is O=C(CCC(=O)Nc1cccc(Cl)c1)NN=Cc1ccc([N+](=O)[O-])cc1. The molecule has 0 saturated carbocycles. The number of benzene rings is 2. The van der Waals surface area contributed by atoms with Gasteiger partial charge in [-0.05, 0) is 35.9 Å². The molecule has 2 amide bonds. The fourth-order valence-corrected chi connectivity index (χ4v) is 2.12. The van der Waals surface area contributed by atoms with Crippen molar-refractivity contribution in [3.63, 3.8) is 0 Å². The van der Waals surface area contributed by atoms with Gasteiger partial charge in [0.1, 0.15) is 0 Å². The zero-order valence-corrected chi connectivity index (χ0v) is 14.3. The van der Waals surface area contributed by atoms with E-state index in [1.165, 1.54) is 30.5 Å². The first-order valence-electron chi connectivity index (χ1n) is 7.56. The second kappa shape index (κ2) is 9.28. The summed E-state index contributed by atoms with van der Waals surface area (Å²) in [5.41, 5.74) is 3.41. The van der Waals surface area contributed by atoms with E-state index in [2.05, 4.69) is 15.8 Å².